The van der Waals surface area contributed by atoms with Gasteiger partial charge in [-0.1, -0.05) is 44.5 Å². The highest BCUT2D eigenvalue weighted by Crippen LogP contribution is 2.22. The van der Waals surface area contributed by atoms with Gasteiger partial charge in [0.2, 0.25) is 0 Å². The smallest absolute Gasteiger partial charge is 0.0406 e. The average Bonchev–Trinajstić information content (AvgIpc) is 2.47. The lowest BCUT2D eigenvalue weighted by Gasteiger charge is -2.35. The van der Waals surface area contributed by atoms with Gasteiger partial charge in [-0.3, -0.25) is 0 Å². The summed E-state index contributed by atoms with van der Waals surface area (Å²) in [4.78, 5) is 2.60. The van der Waals surface area contributed by atoms with Crippen LogP contribution in [0.1, 0.15) is 51.6 Å². The Bertz CT molecular complexity index is 408. The van der Waals surface area contributed by atoms with E-state index in [1.165, 1.54) is 38.0 Å². The van der Waals surface area contributed by atoms with Gasteiger partial charge < -0.3 is 10.2 Å². The Morgan fingerprint density at radius 3 is 2.33 bits per heavy atom. The Hall–Kier alpha value is -0.570. The minimum atomic E-state index is 0.448. The van der Waals surface area contributed by atoms with E-state index in [0.717, 1.165) is 17.4 Å². The van der Waals surface area contributed by atoms with Crippen LogP contribution >= 0.6 is 11.6 Å². The summed E-state index contributed by atoms with van der Waals surface area (Å²) in [6, 6.07) is 9.38. The Balaban J connectivity index is 1.84. The van der Waals surface area contributed by atoms with Crippen LogP contribution in [0.15, 0.2) is 24.3 Å². The van der Waals surface area contributed by atoms with Crippen LogP contribution in [-0.4, -0.2) is 30.6 Å². The molecule has 0 aliphatic carbocycles. The lowest BCUT2D eigenvalue weighted by Crippen LogP contribution is -2.44. The molecule has 1 unspecified atom stereocenters. The van der Waals surface area contributed by atoms with Gasteiger partial charge in [-0.25, -0.2) is 0 Å². The molecule has 0 bridgehead atoms. The third-order valence-electron chi connectivity index (χ3n) is 4.33. The van der Waals surface area contributed by atoms with Gasteiger partial charge in [-0.15, -0.1) is 0 Å². The maximum Gasteiger partial charge on any atom is 0.0406 e. The zero-order valence-electron chi connectivity index (χ0n) is 13.6. The highest BCUT2D eigenvalue weighted by molar-refractivity contribution is 6.30. The highest BCUT2D eigenvalue weighted by Gasteiger charge is 2.22. The van der Waals surface area contributed by atoms with E-state index in [9.17, 15) is 0 Å². The molecule has 1 saturated heterocycles. The van der Waals surface area contributed by atoms with E-state index < -0.39 is 0 Å². The van der Waals surface area contributed by atoms with Crippen LogP contribution in [0.3, 0.4) is 0 Å². The Morgan fingerprint density at radius 2 is 1.81 bits per heavy atom. The first-order chi connectivity index (χ1) is 10.1. The molecule has 2 nitrogen and oxygen atoms in total. The van der Waals surface area contributed by atoms with Gasteiger partial charge in [-0.2, -0.15) is 0 Å². The molecule has 1 aromatic rings. The molecule has 0 radical (unpaired) electrons. The zero-order valence-corrected chi connectivity index (χ0v) is 14.4. The number of hydrogen-bond acceptors (Lipinski definition) is 2. The molecule has 1 aliphatic heterocycles. The van der Waals surface area contributed by atoms with Crippen molar-refractivity contribution in [2.24, 2.45) is 5.92 Å². The van der Waals surface area contributed by atoms with Crippen molar-refractivity contribution < 1.29 is 0 Å². The normalized spacial score (nSPS) is 19.1. The number of halogens is 1. The Kier molecular flexibility index (Phi) is 6.53. The first-order valence-corrected chi connectivity index (χ1v) is 8.70. The van der Waals surface area contributed by atoms with Crippen molar-refractivity contribution >= 4 is 11.6 Å². The summed E-state index contributed by atoms with van der Waals surface area (Å²) in [5.41, 5.74) is 1.35. The van der Waals surface area contributed by atoms with Crippen molar-refractivity contribution in [1.82, 2.24) is 10.2 Å². The molecule has 1 N–H and O–H groups in total. The van der Waals surface area contributed by atoms with Crippen molar-refractivity contribution in [3.8, 4) is 0 Å². The summed E-state index contributed by atoms with van der Waals surface area (Å²) in [6.45, 7) is 10.6. The van der Waals surface area contributed by atoms with Gasteiger partial charge >= 0.3 is 0 Å². The third kappa shape index (κ3) is 5.28. The van der Waals surface area contributed by atoms with E-state index >= 15 is 0 Å². The molecule has 1 fully saturated rings. The summed E-state index contributed by atoms with van der Waals surface area (Å²) in [7, 11) is 0. The molecule has 1 heterocycles. The third-order valence-corrected chi connectivity index (χ3v) is 4.58. The zero-order chi connectivity index (χ0) is 15.2. The molecule has 0 aromatic heterocycles. The van der Waals surface area contributed by atoms with Crippen LogP contribution in [0.4, 0.5) is 0 Å². The standard InChI is InChI=1S/C18H29ClN2/c1-4-18(15-5-7-16(19)8-6-15)20-17-9-11-21(12-10-17)13-14(2)3/h5-8,14,17-18,20H,4,9-13H2,1-3H3. The van der Waals surface area contributed by atoms with Crippen molar-refractivity contribution in [1.29, 1.82) is 0 Å². The number of piperidine rings is 1. The summed E-state index contributed by atoms with van der Waals surface area (Å²) in [5, 5.41) is 4.66. The monoisotopic (exact) mass is 308 g/mol. The van der Waals surface area contributed by atoms with Gasteiger partial charge in [-0.05, 0) is 56.0 Å². The van der Waals surface area contributed by atoms with Crippen LogP contribution in [0.2, 0.25) is 5.02 Å². The van der Waals surface area contributed by atoms with E-state index in [2.05, 4.69) is 43.1 Å². The van der Waals surface area contributed by atoms with Crippen molar-refractivity contribution in [2.45, 2.75) is 52.1 Å². The predicted molar refractivity (Wildman–Crippen MR) is 91.9 cm³/mol. The quantitative estimate of drug-likeness (QED) is 0.832. The topological polar surface area (TPSA) is 15.3 Å². The van der Waals surface area contributed by atoms with Crippen molar-refractivity contribution in [3.05, 3.63) is 34.9 Å². The summed E-state index contributed by atoms with van der Waals surface area (Å²) < 4.78 is 0. The summed E-state index contributed by atoms with van der Waals surface area (Å²) in [5.74, 6) is 0.770. The summed E-state index contributed by atoms with van der Waals surface area (Å²) >= 11 is 5.98. The van der Waals surface area contributed by atoms with Gasteiger partial charge in [0.25, 0.3) is 0 Å². The minimum Gasteiger partial charge on any atom is -0.307 e. The average molecular weight is 309 g/mol. The molecule has 1 aromatic carbocycles. The number of nitrogens with zero attached hydrogens (tertiary/aromatic N) is 1. The van der Waals surface area contributed by atoms with Crippen LogP contribution in [0, 0.1) is 5.92 Å². The molecule has 0 saturated carbocycles. The first-order valence-electron chi connectivity index (χ1n) is 8.32. The Labute approximate surface area is 134 Å². The molecule has 0 spiro atoms. The van der Waals surface area contributed by atoms with E-state index in [1.54, 1.807) is 0 Å². The lowest BCUT2D eigenvalue weighted by molar-refractivity contribution is 0.174. The fraction of sp³-hybridized carbons (Fsp3) is 0.667. The molecular weight excluding hydrogens is 280 g/mol. The molecule has 3 heteroatoms. The second-order valence-electron chi connectivity index (χ2n) is 6.65. The number of hydrogen-bond donors (Lipinski definition) is 1. The summed E-state index contributed by atoms with van der Waals surface area (Å²) in [6.07, 6.45) is 3.64. The fourth-order valence-electron chi connectivity index (χ4n) is 3.23. The van der Waals surface area contributed by atoms with Crippen LogP contribution < -0.4 is 5.32 Å². The predicted octanol–water partition coefficient (Wildman–Crippen LogP) is 4.50. The molecular formula is C18H29ClN2. The number of benzene rings is 1. The largest absolute Gasteiger partial charge is 0.307 e. The molecule has 1 aliphatic rings. The van der Waals surface area contributed by atoms with Gasteiger partial charge in [0.05, 0.1) is 0 Å². The second-order valence-corrected chi connectivity index (χ2v) is 7.08. The van der Waals surface area contributed by atoms with Crippen molar-refractivity contribution in [3.63, 3.8) is 0 Å². The molecule has 1 atom stereocenters. The van der Waals surface area contributed by atoms with E-state index in [4.69, 9.17) is 11.6 Å². The van der Waals surface area contributed by atoms with Gasteiger partial charge in [0.1, 0.15) is 0 Å². The first kappa shape index (κ1) is 16.8. The molecule has 2 rings (SSSR count). The maximum absolute atomic E-state index is 5.98. The highest BCUT2D eigenvalue weighted by atomic mass is 35.5. The molecule has 118 valence electrons. The van der Waals surface area contributed by atoms with Crippen LogP contribution in [-0.2, 0) is 0 Å². The van der Waals surface area contributed by atoms with E-state index in [1.807, 2.05) is 12.1 Å². The van der Waals surface area contributed by atoms with Crippen molar-refractivity contribution in [2.75, 3.05) is 19.6 Å². The van der Waals surface area contributed by atoms with E-state index in [-0.39, 0.29) is 0 Å². The number of nitrogens with one attached hydrogen (secondary N) is 1. The number of likely N-dealkylation sites (tertiary alicyclic amines) is 1. The van der Waals surface area contributed by atoms with Crippen LogP contribution in [0.25, 0.3) is 0 Å². The fourth-order valence-corrected chi connectivity index (χ4v) is 3.35. The second kappa shape index (κ2) is 8.17. The van der Waals surface area contributed by atoms with Gasteiger partial charge in [0, 0.05) is 23.7 Å². The molecule has 21 heavy (non-hydrogen) atoms. The van der Waals surface area contributed by atoms with E-state index in [0.29, 0.717) is 12.1 Å². The SMILES string of the molecule is CCC(NC1CCN(CC(C)C)CC1)c1ccc(Cl)cc1. The Morgan fingerprint density at radius 1 is 1.19 bits per heavy atom. The number of rotatable bonds is 6. The van der Waals surface area contributed by atoms with Crippen LogP contribution in [0.5, 0.6) is 0 Å². The minimum absolute atomic E-state index is 0.448. The lowest BCUT2D eigenvalue weighted by atomic mass is 9.99. The maximum atomic E-state index is 5.98. The van der Waals surface area contributed by atoms with Gasteiger partial charge in [0.15, 0.2) is 0 Å². The molecule has 0 amide bonds.